The Hall–Kier alpha value is -3.40. The van der Waals surface area contributed by atoms with E-state index in [-0.39, 0.29) is 36.0 Å². The molecule has 0 saturated carbocycles. The van der Waals surface area contributed by atoms with Crippen molar-refractivity contribution >= 4 is 5.69 Å². The van der Waals surface area contributed by atoms with Gasteiger partial charge in [-0.1, -0.05) is 6.07 Å². The Bertz CT molecular complexity index is 1310. The Morgan fingerprint density at radius 1 is 1.11 bits per heavy atom. The number of ether oxygens (including phenoxy) is 2. The Morgan fingerprint density at radius 2 is 1.87 bits per heavy atom. The van der Waals surface area contributed by atoms with Gasteiger partial charge < -0.3 is 19.3 Å². The van der Waals surface area contributed by atoms with Crippen molar-refractivity contribution in [1.82, 2.24) is 19.9 Å². The van der Waals surface area contributed by atoms with Crippen LogP contribution in [0.4, 0.5) is 18.9 Å². The standard InChI is InChI=1S/C28H32F3N5O2/c1-16(2)36-15-24(31)38-27-21(29)11-18(12-23(27)36)26-22(30)14-32-25(34-26)13-19-5-6-20(28(33-19)37-4)17-7-9-35(3)10-8-17/h5-6,11-12,14,16-17,24H,7-10,13,15H2,1-4H3. The zero-order valence-electron chi connectivity index (χ0n) is 22.0. The first kappa shape index (κ1) is 26.2. The summed E-state index contributed by atoms with van der Waals surface area (Å²) < 4.78 is 54.7. The molecule has 2 aliphatic rings. The summed E-state index contributed by atoms with van der Waals surface area (Å²) in [7, 11) is 3.73. The molecule has 0 radical (unpaired) electrons. The molecule has 1 saturated heterocycles. The molecule has 0 spiro atoms. The fraction of sp³-hybridized carbons (Fsp3) is 0.464. The van der Waals surface area contributed by atoms with Gasteiger partial charge in [-0.05, 0) is 70.9 Å². The molecule has 0 aliphatic carbocycles. The van der Waals surface area contributed by atoms with Crippen LogP contribution in [0.15, 0.2) is 30.5 Å². The maximum absolute atomic E-state index is 15.0. The van der Waals surface area contributed by atoms with E-state index in [1.54, 1.807) is 18.1 Å². The van der Waals surface area contributed by atoms with Gasteiger partial charge in [0.1, 0.15) is 11.5 Å². The fourth-order valence-electron chi connectivity index (χ4n) is 5.19. The predicted molar refractivity (Wildman–Crippen MR) is 138 cm³/mol. The van der Waals surface area contributed by atoms with Gasteiger partial charge in [-0.3, -0.25) is 0 Å². The lowest BCUT2D eigenvalue weighted by molar-refractivity contribution is 0.0591. The molecular weight excluding hydrogens is 495 g/mol. The number of aromatic nitrogens is 3. The van der Waals surface area contributed by atoms with Crippen molar-refractivity contribution in [1.29, 1.82) is 0 Å². The molecule has 1 atom stereocenters. The molecule has 0 bridgehead atoms. The fourth-order valence-corrected chi connectivity index (χ4v) is 5.19. The van der Waals surface area contributed by atoms with E-state index in [0.29, 0.717) is 29.0 Å². The lowest BCUT2D eigenvalue weighted by Crippen LogP contribution is -2.42. The van der Waals surface area contributed by atoms with Gasteiger partial charge in [0.25, 0.3) is 6.36 Å². The minimum absolute atomic E-state index is 0.0438. The monoisotopic (exact) mass is 527 g/mol. The average Bonchev–Trinajstić information content (AvgIpc) is 2.90. The summed E-state index contributed by atoms with van der Waals surface area (Å²) in [4.78, 5) is 17.3. The summed E-state index contributed by atoms with van der Waals surface area (Å²) in [6, 6.07) is 6.54. The van der Waals surface area contributed by atoms with E-state index >= 15 is 0 Å². The maximum Gasteiger partial charge on any atom is 0.256 e. The minimum Gasteiger partial charge on any atom is -0.481 e. The number of piperidine rings is 1. The predicted octanol–water partition coefficient (Wildman–Crippen LogP) is 5.13. The van der Waals surface area contributed by atoms with Gasteiger partial charge >= 0.3 is 0 Å². The number of pyridine rings is 1. The second kappa shape index (κ2) is 10.8. The molecule has 1 aromatic carbocycles. The number of anilines is 1. The third-order valence-corrected chi connectivity index (χ3v) is 7.25. The van der Waals surface area contributed by atoms with E-state index in [4.69, 9.17) is 9.47 Å². The van der Waals surface area contributed by atoms with Gasteiger partial charge in [0.15, 0.2) is 17.4 Å². The number of methoxy groups -OCH3 is 1. The number of nitrogens with zero attached hydrogens (tertiary/aromatic N) is 5. The van der Waals surface area contributed by atoms with Crippen LogP contribution in [-0.2, 0) is 6.42 Å². The Labute approximate surface area is 220 Å². The summed E-state index contributed by atoms with van der Waals surface area (Å²) in [6.45, 7) is 5.75. The van der Waals surface area contributed by atoms with Crippen molar-refractivity contribution in [2.45, 2.75) is 51.4 Å². The van der Waals surface area contributed by atoms with E-state index in [2.05, 4.69) is 26.9 Å². The zero-order chi connectivity index (χ0) is 27.0. The van der Waals surface area contributed by atoms with Crippen LogP contribution in [0, 0.1) is 11.6 Å². The molecule has 7 nitrogen and oxygen atoms in total. The first-order chi connectivity index (χ1) is 18.2. The van der Waals surface area contributed by atoms with Gasteiger partial charge in [0, 0.05) is 17.2 Å². The van der Waals surface area contributed by atoms with E-state index in [9.17, 15) is 13.2 Å². The highest BCUT2D eigenvalue weighted by Crippen LogP contribution is 2.41. The lowest BCUT2D eigenvalue weighted by atomic mass is 9.90. The number of hydrogen-bond acceptors (Lipinski definition) is 7. The zero-order valence-corrected chi connectivity index (χ0v) is 22.0. The van der Waals surface area contributed by atoms with Crippen molar-refractivity contribution in [2.24, 2.45) is 0 Å². The van der Waals surface area contributed by atoms with Crippen molar-refractivity contribution < 1.29 is 22.6 Å². The Balaban J connectivity index is 1.44. The summed E-state index contributed by atoms with van der Waals surface area (Å²) in [5.74, 6) is -0.347. The second-order valence-electron chi connectivity index (χ2n) is 10.2. The van der Waals surface area contributed by atoms with Crippen molar-refractivity contribution in [3.63, 3.8) is 0 Å². The number of fused-ring (bicyclic) bond motifs is 1. The second-order valence-corrected chi connectivity index (χ2v) is 10.2. The molecule has 38 heavy (non-hydrogen) atoms. The van der Waals surface area contributed by atoms with E-state index in [1.165, 1.54) is 0 Å². The van der Waals surface area contributed by atoms with Gasteiger partial charge in [0.05, 0.1) is 37.7 Å². The molecule has 3 aromatic rings. The summed E-state index contributed by atoms with van der Waals surface area (Å²) in [5.41, 5.74) is 2.30. The van der Waals surface area contributed by atoms with Crippen LogP contribution in [0.3, 0.4) is 0 Å². The van der Waals surface area contributed by atoms with Crippen molar-refractivity contribution in [3.05, 3.63) is 59.2 Å². The van der Waals surface area contributed by atoms with Crippen LogP contribution in [0.5, 0.6) is 11.6 Å². The van der Waals surface area contributed by atoms with Gasteiger partial charge in [-0.2, -0.15) is 4.39 Å². The minimum atomic E-state index is -1.65. The quantitative estimate of drug-likeness (QED) is 0.441. The Kier molecular flexibility index (Phi) is 7.43. The number of likely N-dealkylation sites (tertiary alicyclic amines) is 1. The van der Waals surface area contributed by atoms with Crippen LogP contribution >= 0.6 is 0 Å². The summed E-state index contributed by atoms with van der Waals surface area (Å²) in [5, 5.41) is 0. The number of hydrogen-bond donors (Lipinski definition) is 0. The molecule has 4 heterocycles. The molecule has 2 aliphatic heterocycles. The highest BCUT2D eigenvalue weighted by Gasteiger charge is 2.31. The number of rotatable bonds is 6. The highest BCUT2D eigenvalue weighted by molar-refractivity contribution is 5.72. The third-order valence-electron chi connectivity index (χ3n) is 7.25. The molecule has 202 valence electrons. The van der Waals surface area contributed by atoms with Crippen LogP contribution in [0.25, 0.3) is 11.3 Å². The normalized spacial score (nSPS) is 18.4. The molecule has 0 N–H and O–H groups in total. The first-order valence-corrected chi connectivity index (χ1v) is 12.9. The number of halogens is 3. The third kappa shape index (κ3) is 5.27. The maximum atomic E-state index is 15.0. The van der Waals surface area contributed by atoms with Gasteiger partial charge in [-0.15, -0.1) is 0 Å². The van der Waals surface area contributed by atoms with E-state index in [0.717, 1.165) is 43.8 Å². The number of benzene rings is 1. The smallest absolute Gasteiger partial charge is 0.256 e. The van der Waals surface area contributed by atoms with E-state index in [1.807, 2.05) is 26.0 Å². The largest absolute Gasteiger partial charge is 0.481 e. The van der Waals surface area contributed by atoms with Crippen LogP contribution < -0.4 is 14.4 Å². The topological polar surface area (TPSA) is 63.6 Å². The van der Waals surface area contributed by atoms with Crippen LogP contribution in [0.2, 0.25) is 0 Å². The van der Waals surface area contributed by atoms with Crippen LogP contribution in [-0.4, -0.2) is 66.0 Å². The molecule has 5 rings (SSSR count). The highest BCUT2D eigenvalue weighted by atomic mass is 19.1. The molecule has 2 aromatic heterocycles. The lowest BCUT2D eigenvalue weighted by Gasteiger charge is -2.36. The van der Waals surface area contributed by atoms with Crippen molar-refractivity contribution in [3.8, 4) is 22.9 Å². The molecular formula is C28H32F3N5O2. The molecule has 1 unspecified atom stereocenters. The van der Waals surface area contributed by atoms with E-state index < -0.39 is 18.0 Å². The molecule has 0 amide bonds. The Morgan fingerprint density at radius 3 is 2.58 bits per heavy atom. The first-order valence-electron chi connectivity index (χ1n) is 12.9. The average molecular weight is 528 g/mol. The van der Waals surface area contributed by atoms with Crippen molar-refractivity contribution in [2.75, 3.05) is 38.7 Å². The summed E-state index contributed by atoms with van der Waals surface area (Å²) in [6.07, 6.45) is 1.76. The molecule has 10 heteroatoms. The summed E-state index contributed by atoms with van der Waals surface area (Å²) >= 11 is 0. The van der Waals surface area contributed by atoms with Gasteiger partial charge in [0.2, 0.25) is 5.88 Å². The SMILES string of the molecule is COc1nc(Cc2ncc(F)c(-c3cc(F)c4c(c3)N(C(C)C)CC(F)O4)n2)ccc1C1CCN(C)CC1. The van der Waals surface area contributed by atoms with Gasteiger partial charge in [-0.25, -0.2) is 23.7 Å². The molecule has 1 fully saturated rings. The van der Waals surface area contributed by atoms with Crippen LogP contribution in [0.1, 0.15) is 49.7 Å². The number of alkyl halides is 1.